The first-order valence-electron chi connectivity index (χ1n) is 9.43. The third-order valence-electron chi connectivity index (χ3n) is 5.08. The highest BCUT2D eigenvalue weighted by molar-refractivity contribution is 6.30. The van der Waals surface area contributed by atoms with Gasteiger partial charge in [-0.1, -0.05) is 40.9 Å². The van der Waals surface area contributed by atoms with Crippen LogP contribution in [0.4, 0.5) is 5.82 Å². The van der Waals surface area contributed by atoms with Crippen LogP contribution in [0.2, 0.25) is 5.02 Å². The molecule has 4 rings (SSSR count). The van der Waals surface area contributed by atoms with Crippen molar-refractivity contribution >= 4 is 23.3 Å². The van der Waals surface area contributed by atoms with E-state index in [1.54, 1.807) is 0 Å². The molecule has 0 atom stereocenters. The normalized spacial score (nSPS) is 14.4. The van der Waals surface area contributed by atoms with Crippen LogP contribution < -0.4 is 4.90 Å². The number of carbonyl (C=O) groups is 1. The Bertz CT molecular complexity index is 968. The first kappa shape index (κ1) is 18.6. The minimum absolute atomic E-state index is 0.107. The van der Waals surface area contributed by atoms with Crippen molar-refractivity contribution in [3.63, 3.8) is 0 Å². The van der Waals surface area contributed by atoms with E-state index in [1.165, 1.54) is 0 Å². The Balaban J connectivity index is 1.41. The van der Waals surface area contributed by atoms with Crippen LogP contribution in [0, 0.1) is 13.8 Å². The lowest BCUT2D eigenvalue weighted by Gasteiger charge is -2.35. The zero-order valence-corrected chi connectivity index (χ0v) is 16.8. The number of H-pyrrole nitrogens is 1. The molecule has 1 amide bonds. The number of nitrogens with one attached hydrogen (secondary N) is 1. The highest BCUT2D eigenvalue weighted by Gasteiger charge is 2.23. The molecule has 0 bridgehead atoms. The molecule has 3 aromatic rings. The summed E-state index contributed by atoms with van der Waals surface area (Å²) in [6, 6.07) is 15.8. The maximum Gasteiger partial charge on any atom is 0.253 e. The molecule has 0 radical (unpaired) electrons. The second-order valence-corrected chi connectivity index (χ2v) is 7.74. The monoisotopic (exact) mass is 394 g/mol. The molecule has 0 saturated carbocycles. The van der Waals surface area contributed by atoms with Gasteiger partial charge in [-0.2, -0.15) is 5.10 Å². The molecular formula is C22H23ClN4O. The molecule has 1 aromatic heterocycles. The predicted octanol–water partition coefficient (Wildman–Crippen LogP) is 4.31. The van der Waals surface area contributed by atoms with Crippen LogP contribution in [-0.2, 0) is 0 Å². The average Bonchev–Trinajstić information content (AvgIpc) is 3.17. The van der Waals surface area contributed by atoms with Gasteiger partial charge in [0.1, 0.15) is 0 Å². The molecule has 2 heterocycles. The fourth-order valence-electron chi connectivity index (χ4n) is 3.67. The zero-order valence-electron chi connectivity index (χ0n) is 16.1. The maximum absolute atomic E-state index is 12.8. The van der Waals surface area contributed by atoms with Crippen LogP contribution >= 0.6 is 11.6 Å². The number of hydrogen-bond acceptors (Lipinski definition) is 3. The van der Waals surface area contributed by atoms with Crippen molar-refractivity contribution in [1.82, 2.24) is 15.1 Å². The molecule has 0 unspecified atom stereocenters. The van der Waals surface area contributed by atoms with Gasteiger partial charge in [0.15, 0.2) is 5.82 Å². The largest absolute Gasteiger partial charge is 0.352 e. The highest BCUT2D eigenvalue weighted by Crippen LogP contribution is 2.24. The molecule has 0 aliphatic carbocycles. The summed E-state index contributed by atoms with van der Waals surface area (Å²) < 4.78 is 0. The molecule has 1 fully saturated rings. The highest BCUT2D eigenvalue weighted by atomic mass is 35.5. The van der Waals surface area contributed by atoms with Gasteiger partial charge in [-0.3, -0.25) is 9.89 Å². The molecule has 1 N–H and O–H groups in total. The van der Waals surface area contributed by atoms with Crippen molar-refractivity contribution in [2.45, 2.75) is 13.8 Å². The lowest BCUT2D eigenvalue weighted by Crippen LogP contribution is -2.49. The van der Waals surface area contributed by atoms with Crippen LogP contribution in [0.25, 0.3) is 11.3 Å². The van der Waals surface area contributed by atoms with Crippen LogP contribution in [-0.4, -0.2) is 47.2 Å². The van der Waals surface area contributed by atoms with E-state index in [4.69, 9.17) is 11.6 Å². The minimum Gasteiger partial charge on any atom is -0.352 e. The summed E-state index contributed by atoms with van der Waals surface area (Å²) in [5.74, 6) is 1.01. The SMILES string of the molecule is Cc1cc(C)cc(C(=O)N2CCN(c3cc(-c4ccc(Cl)cc4)[nH]n3)CC2)c1. The Morgan fingerprint density at radius 3 is 2.25 bits per heavy atom. The fraction of sp³-hybridized carbons (Fsp3) is 0.273. The van der Waals surface area contributed by atoms with E-state index >= 15 is 0 Å². The molecule has 0 spiro atoms. The summed E-state index contributed by atoms with van der Waals surface area (Å²) in [6.45, 7) is 6.96. The lowest BCUT2D eigenvalue weighted by atomic mass is 10.1. The van der Waals surface area contributed by atoms with Crippen LogP contribution in [0.15, 0.2) is 48.5 Å². The van der Waals surface area contributed by atoms with Gasteiger partial charge in [-0.25, -0.2) is 0 Å². The van der Waals surface area contributed by atoms with Gasteiger partial charge in [-0.05, 0) is 43.7 Å². The number of halogens is 1. The number of rotatable bonds is 3. The standard InChI is InChI=1S/C22H23ClN4O/c1-15-11-16(2)13-18(12-15)22(28)27-9-7-26(8-10-27)21-14-20(24-25-21)17-3-5-19(23)6-4-17/h3-6,11-14H,7-10H2,1-2H3,(H,24,25). The first-order valence-corrected chi connectivity index (χ1v) is 9.81. The smallest absolute Gasteiger partial charge is 0.253 e. The van der Waals surface area contributed by atoms with E-state index in [1.807, 2.05) is 61.2 Å². The Hall–Kier alpha value is -2.79. The number of amides is 1. The van der Waals surface area contributed by atoms with E-state index in [2.05, 4.69) is 21.2 Å². The summed E-state index contributed by atoms with van der Waals surface area (Å²) in [6.07, 6.45) is 0. The van der Waals surface area contributed by atoms with Gasteiger partial charge in [0.05, 0.1) is 5.69 Å². The second-order valence-electron chi connectivity index (χ2n) is 7.30. The number of piperazine rings is 1. The van der Waals surface area contributed by atoms with Gasteiger partial charge in [-0.15, -0.1) is 0 Å². The van der Waals surface area contributed by atoms with Crippen LogP contribution in [0.3, 0.4) is 0 Å². The van der Waals surface area contributed by atoms with Crippen molar-refractivity contribution in [3.05, 3.63) is 70.2 Å². The summed E-state index contributed by atoms with van der Waals surface area (Å²) in [5.41, 5.74) is 5.02. The van der Waals surface area contributed by atoms with E-state index in [9.17, 15) is 4.79 Å². The third-order valence-corrected chi connectivity index (χ3v) is 5.33. The van der Waals surface area contributed by atoms with Crippen molar-refractivity contribution in [2.75, 3.05) is 31.1 Å². The van der Waals surface area contributed by atoms with Crippen molar-refractivity contribution in [2.24, 2.45) is 0 Å². The third kappa shape index (κ3) is 3.90. The lowest BCUT2D eigenvalue weighted by molar-refractivity contribution is 0.0746. The van der Waals surface area contributed by atoms with E-state index < -0.39 is 0 Å². The number of anilines is 1. The minimum atomic E-state index is 0.107. The number of aromatic amines is 1. The summed E-state index contributed by atoms with van der Waals surface area (Å²) >= 11 is 5.96. The van der Waals surface area contributed by atoms with Crippen molar-refractivity contribution < 1.29 is 4.79 Å². The number of nitrogens with zero attached hydrogens (tertiary/aromatic N) is 3. The molecule has 1 aliphatic heterocycles. The topological polar surface area (TPSA) is 52.2 Å². The summed E-state index contributed by atoms with van der Waals surface area (Å²) in [7, 11) is 0. The average molecular weight is 395 g/mol. The molecule has 144 valence electrons. The number of carbonyl (C=O) groups excluding carboxylic acids is 1. The van der Waals surface area contributed by atoms with Crippen molar-refractivity contribution in [3.8, 4) is 11.3 Å². The van der Waals surface area contributed by atoms with Gasteiger partial charge >= 0.3 is 0 Å². The Morgan fingerprint density at radius 2 is 1.61 bits per heavy atom. The zero-order chi connectivity index (χ0) is 19.7. The fourth-order valence-corrected chi connectivity index (χ4v) is 3.80. The first-order chi connectivity index (χ1) is 13.5. The Labute approximate surface area is 169 Å². The van der Waals surface area contributed by atoms with Crippen LogP contribution in [0.1, 0.15) is 21.5 Å². The number of aromatic nitrogens is 2. The second kappa shape index (κ2) is 7.68. The number of benzene rings is 2. The molecule has 1 saturated heterocycles. The van der Waals surface area contributed by atoms with Gasteiger partial charge in [0.2, 0.25) is 0 Å². The Morgan fingerprint density at radius 1 is 0.964 bits per heavy atom. The van der Waals surface area contributed by atoms with Gasteiger partial charge < -0.3 is 9.80 Å². The summed E-state index contributed by atoms with van der Waals surface area (Å²) in [4.78, 5) is 17.0. The molecule has 2 aromatic carbocycles. The van der Waals surface area contributed by atoms with Gasteiger partial charge in [0, 0.05) is 42.8 Å². The summed E-state index contributed by atoms with van der Waals surface area (Å²) in [5, 5.41) is 8.27. The molecule has 5 nitrogen and oxygen atoms in total. The number of aryl methyl sites for hydroxylation is 2. The quantitative estimate of drug-likeness (QED) is 0.720. The van der Waals surface area contributed by atoms with Crippen molar-refractivity contribution in [1.29, 1.82) is 0 Å². The van der Waals surface area contributed by atoms with E-state index in [0.29, 0.717) is 18.1 Å². The maximum atomic E-state index is 12.8. The van der Waals surface area contributed by atoms with Gasteiger partial charge in [0.25, 0.3) is 5.91 Å². The molecule has 6 heteroatoms. The van der Waals surface area contributed by atoms with Crippen LogP contribution in [0.5, 0.6) is 0 Å². The number of hydrogen-bond donors (Lipinski definition) is 1. The Kier molecular flexibility index (Phi) is 5.09. The molecular weight excluding hydrogens is 372 g/mol. The van der Waals surface area contributed by atoms with E-state index in [-0.39, 0.29) is 5.91 Å². The molecule has 28 heavy (non-hydrogen) atoms. The predicted molar refractivity (Wildman–Crippen MR) is 113 cm³/mol. The van der Waals surface area contributed by atoms with E-state index in [0.717, 1.165) is 46.9 Å². The molecule has 1 aliphatic rings.